The normalized spacial score (nSPS) is 10.4. The summed E-state index contributed by atoms with van der Waals surface area (Å²) in [6.07, 6.45) is 0. The molecular formula is C14H11Br2ClN2O. The Kier molecular flexibility index (Phi) is 4.73. The molecule has 20 heavy (non-hydrogen) atoms. The molecule has 3 nitrogen and oxygen atoms in total. The standard InChI is InChI=1S/C14H11Br2ClN2O/c1-7-2-8(4-9(17)3-7)14(20)19-13-11(15)5-10(18)6-12(13)16/h2-6H,18H2,1H3,(H,19,20). The first-order valence-corrected chi connectivity index (χ1v) is 7.66. The number of carbonyl (C=O) groups is 1. The van der Waals surface area contributed by atoms with Crippen molar-refractivity contribution >= 4 is 60.7 Å². The van der Waals surface area contributed by atoms with Gasteiger partial charge in [-0.2, -0.15) is 0 Å². The first kappa shape index (κ1) is 15.4. The minimum Gasteiger partial charge on any atom is -0.399 e. The monoisotopic (exact) mass is 416 g/mol. The van der Waals surface area contributed by atoms with E-state index in [0.717, 1.165) is 5.56 Å². The Hall–Kier alpha value is -1.04. The molecule has 0 fully saturated rings. The molecule has 0 spiro atoms. The van der Waals surface area contributed by atoms with Crippen molar-refractivity contribution in [1.82, 2.24) is 0 Å². The van der Waals surface area contributed by atoms with E-state index in [1.54, 1.807) is 30.3 Å². The molecule has 1 amide bonds. The van der Waals surface area contributed by atoms with E-state index in [0.29, 0.717) is 30.9 Å². The minimum absolute atomic E-state index is 0.234. The van der Waals surface area contributed by atoms with Crippen molar-refractivity contribution in [2.24, 2.45) is 0 Å². The van der Waals surface area contributed by atoms with Gasteiger partial charge < -0.3 is 11.1 Å². The average Bonchev–Trinajstić information content (AvgIpc) is 2.32. The highest BCUT2D eigenvalue weighted by atomic mass is 79.9. The van der Waals surface area contributed by atoms with Gasteiger partial charge in [-0.15, -0.1) is 0 Å². The first-order chi connectivity index (χ1) is 9.36. The summed E-state index contributed by atoms with van der Waals surface area (Å²) in [4.78, 5) is 12.3. The van der Waals surface area contributed by atoms with Gasteiger partial charge in [0.05, 0.1) is 5.69 Å². The second-order valence-electron chi connectivity index (χ2n) is 4.33. The number of nitrogens with two attached hydrogens (primary N) is 1. The molecule has 0 radical (unpaired) electrons. The molecule has 0 saturated carbocycles. The van der Waals surface area contributed by atoms with Crippen LogP contribution in [0.4, 0.5) is 11.4 Å². The average molecular weight is 419 g/mol. The zero-order valence-electron chi connectivity index (χ0n) is 10.5. The topological polar surface area (TPSA) is 55.1 Å². The number of hydrogen-bond donors (Lipinski definition) is 2. The van der Waals surface area contributed by atoms with Crippen molar-refractivity contribution in [3.63, 3.8) is 0 Å². The minimum atomic E-state index is -0.234. The van der Waals surface area contributed by atoms with Gasteiger partial charge in [0.15, 0.2) is 0 Å². The summed E-state index contributed by atoms with van der Waals surface area (Å²) in [7, 11) is 0. The van der Waals surface area contributed by atoms with Crippen LogP contribution in [0, 0.1) is 6.92 Å². The highest BCUT2D eigenvalue weighted by Crippen LogP contribution is 2.33. The van der Waals surface area contributed by atoms with Gasteiger partial charge in [-0.25, -0.2) is 0 Å². The molecule has 3 N–H and O–H groups in total. The lowest BCUT2D eigenvalue weighted by molar-refractivity contribution is 0.102. The van der Waals surface area contributed by atoms with Gasteiger partial charge in [0.1, 0.15) is 0 Å². The summed E-state index contributed by atoms with van der Waals surface area (Å²) in [6, 6.07) is 8.66. The fraction of sp³-hybridized carbons (Fsp3) is 0.0714. The zero-order valence-corrected chi connectivity index (χ0v) is 14.4. The fourth-order valence-electron chi connectivity index (χ4n) is 1.77. The molecule has 0 atom stereocenters. The molecule has 0 aliphatic carbocycles. The van der Waals surface area contributed by atoms with Crippen molar-refractivity contribution in [2.75, 3.05) is 11.1 Å². The summed E-state index contributed by atoms with van der Waals surface area (Å²) in [5, 5.41) is 3.36. The summed E-state index contributed by atoms with van der Waals surface area (Å²) in [5.41, 5.74) is 8.38. The van der Waals surface area contributed by atoms with Crippen LogP contribution in [-0.2, 0) is 0 Å². The van der Waals surface area contributed by atoms with Crippen molar-refractivity contribution < 1.29 is 4.79 Å². The van der Waals surface area contributed by atoms with Crippen LogP contribution in [0.5, 0.6) is 0 Å². The summed E-state index contributed by atoms with van der Waals surface area (Å²) in [6.45, 7) is 1.89. The third-order valence-corrected chi connectivity index (χ3v) is 4.08. The van der Waals surface area contributed by atoms with Crippen LogP contribution in [-0.4, -0.2) is 5.91 Å². The third-order valence-electron chi connectivity index (χ3n) is 2.61. The van der Waals surface area contributed by atoms with Gasteiger partial charge in [-0.05, 0) is 74.7 Å². The number of benzene rings is 2. The Morgan fingerprint density at radius 3 is 2.30 bits per heavy atom. The maximum Gasteiger partial charge on any atom is 0.255 e. The fourth-order valence-corrected chi connectivity index (χ4v) is 3.48. The van der Waals surface area contributed by atoms with Crippen molar-refractivity contribution in [2.45, 2.75) is 6.92 Å². The van der Waals surface area contributed by atoms with Gasteiger partial charge in [0.2, 0.25) is 0 Å². The van der Waals surface area contributed by atoms with E-state index in [4.69, 9.17) is 17.3 Å². The van der Waals surface area contributed by atoms with Crippen LogP contribution < -0.4 is 11.1 Å². The number of anilines is 2. The van der Waals surface area contributed by atoms with Gasteiger partial charge in [-0.1, -0.05) is 11.6 Å². The molecule has 0 aromatic heterocycles. The van der Waals surface area contributed by atoms with Crippen molar-refractivity contribution in [3.8, 4) is 0 Å². The molecule has 0 aliphatic heterocycles. The predicted octanol–water partition coefficient (Wildman–Crippen LogP) is 5.01. The lowest BCUT2D eigenvalue weighted by Crippen LogP contribution is -2.13. The Labute approximate surface area is 138 Å². The molecule has 0 bridgehead atoms. The second-order valence-corrected chi connectivity index (χ2v) is 6.48. The van der Waals surface area contributed by atoms with E-state index in [1.165, 1.54) is 0 Å². The number of nitrogen functional groups attached to an aromatic ring is 1. The van der Waals surface area contributed by atoms with Crippen LogP contribution in [0.3, 0.4) is 0 Å². The van der Waals surface area contributed by atoms with Gasteiger partial charge in [-0.3, -0.25) is 4.79 Å². The number of rotatable bonds is 2. The van der Waals surface area contributed by atoms with Crippen molar-refractivity contribution in [1.29, 1.82) is 0 Å². The molecular weight excluding hydrogens is 407 g/mol. The van der Waals surface area contributed by atoms with E-state index in [2.05, 4.69) is 37.2 Å². The van der Waals surface area contributed by atoms with E-state index >= 15 is 0 Å². The van der Waals surface area contributed by atoms with Crippen LogP contribution in [0.15, 0.2) is 39.3 Å². The molecule has 2 aromatic carbocycles. The maximum atomic E-state index is 12.3. The number of carbonyl (C=O) groups excluding carboxylic acids is 1. The molecule has 0 aliphatic rings. The number of aryl methyl sites for hydroxylation is 1. The SMILES string of the molecule is Cc1cc(Cl)cc(C(=O)Nc2c(Br)cc(N)cc2Br)c1. The molecule has 0 saturated heterocycles. The number of amides is 1. The second kappa shape index (κ2) is 6.16. The van der Waals surface area contributed by atoms with Gasteiger partial charge in [0, 0.05) is 25.2 Å². The molecule has 2 rings (SSSR count). The zero-order chi connectivity index (χ0) is 14.9. The van der Waals surface area contributed by atoms with Gasteiger partial charge in [0.25, 0.3) is 5.91 Å². The highest BCUT2D eigenvalue weighted by Gasteiger charge is 2.13. The lowest BCUT2D eigenvalue weighted by atomic mass is 10.1. The Morgan fingerprint density at radius 2 is 1.75 bits per heavy atom. The molecule has 6 heteroatoms. The largest absolute Gasteiger partial charge is 0.399 e. The first-order valence-electron chi connectivity index (χ1n) is 5.70. The highest BCUT2D eigenvalue weighted by molar-refractivity contribution is 9.11. The third kappa shape index (κ3) is 3.53. The number of nitrogens with one attached hydrogen (secondary N) is 1. The lowest BCUT2D eigenvalue weighted by Gasteiger charge is -2.11. The smallest absolute Gasteiger partial charge is 0.255 e. The molecule has 0 heterocycles. The van der Waals surface area contributed by atoms with E-state index in [9.17, 15) is 4.79 Å². The number of halogens is 3. The van der Waals surface area contributed by atoms with Gasteiger partial charge >= 0.3 is 0 Å². The van der Waals surface area contributed by atoms with Crippen LogP contribution in [0.25, 0.3) is 0 Å². The van der Waals surface area contributed by atoms with Crippen LogP contribution in [0.2, 0.25) is 5.02 Å². The Balaban J connectivity index is 2.32. The van der Waals surface area contributed by atoms with E-state index in [-0.39, 0.29) is 5.91 Å². The van der Waals surface area contributed by atoms with Crippen molar-refractivity contribution in [3.05, 3.63) is 55.4 Å². The summed E-state index contributed by atoms with van der Waals surface area (Å²) < 4.78 is 1.41. The molecule has 104 valence electrons. The predicted molar refractivity (Wildman–Crippen MR) is 90.4 cm³/mol. The van der Waals surface area contributed by atoms with Crippen LogP contribution in [0.1, 0.15) is 15.9 Å². The van der Waals surface area contributed by atoms with Crippen LogP contribution >= 0.6 is 43.5 Å². The van der Waals surface area contributed by atoms with E-state index < -0.39 is 0 Å². The quantitative estimate of drug-likeness (QED) is 0.674. The molecule has 2 aromatic rings. The molecule has 0 unspecified atom stereocenters. The number of hydrogen-bond acceptors (Lipinski definition) is 2. The maximum absolute atomic E-state index is 12.3. The van der Waals surface area contributed by atoms with E-state index in [1.807, 2.05) is 6.92 Å². The Bertz CT molecular complexity index is 646. The summed E-state index contributed by atoms with van der Waals surface area (Å²) >= 11 is 12.7. The Morgan fingerprint density at radius 1 is 1.15 bits per heavy atom. The summed E-state index contributed by atoms with van der Waals surface area (Å²) in [5.74, 6) is -0.234.